The van der Waals surface area contributed by atoms with Crippen molar-refractivity contribution in [1.82, 2.24) is 20.1 Å². The molecule has 1 aliphatic heterocycles. The summed E-state index contributed by atoms with van der Waals surface area (Å²) >= 11 is 0. The number of piperidine rings is 1. The molecular weight excluding hydrogens is 316 g/mol. The molecule has 0 aliphatic carbocycles. The molecule has 25 heavy (non-hydrogen) atoms. The van der Waals surface area contributed by atoms with Gasteiger partial charge in [0.15, 0.2) is 5.82 Å². The van der Waals surface area contributed by atoms with Crippen molar-refractivity contribution in [2.45, 2.75) is 32.6 Å². The third-order valence-corrected chi connectivity index (χ3v) is 4.64. The number of aromatic nitrogens is 3. The van der Waals surface area contributed by atoms with Gasteiger partial charge >= 0.3 is 0 Å². The van der Waals surface area contributed by atoms with Crippen LogP contribution in [0.4, 0.5) is 11.6 Å². The monoisotopic (exact) mass is 342 g/mol. The van der Waals surface area contributed by atoms with Gasteiger partial charge in [-0.2, -0.15) is 10.1 Å². The molecule has 0 spiro atoms. The fourth-order valence-electron chi connectivity index (χ4n) is 3.20. The van der Waals surface area contributed by atoms with Crippen LogP contribution in [0.5, 0.6) is 0 Å². The number of anilines is 2. The van der Waals surface area contributed by atoms with E-state index in [9.17, 15) is 4.79 Å². The Morgan fingerprint density at radius 2 is 1.96 bits per heavy atom. The van der Waals surface area contributed by atoms with Crippen LogP contribution in [0, 0.1) is 13.8 Å². The highest BCUT2D eigenvalue weighted by molar-refractivity contribution is 5.92. The number of aryl methyl sites for hydroxylation is 3. The van der Waals surface area contributed by atoms with Gasteiger partial charge in [-0.1, -0.05) is 18.2 Å². The molecular formula is C18H26N6O. The first-order chi connectivity index (χ1) is 12.0. The highest BCUT2D eigenvalue weighted by Crippen LogP contribution is 2.23. The summed E-state index contributed by atoms with van der Waals surface area (Å²) < 4.78 is 1.65. The van der Waals surface area contributed by atoms with E-state index in [1.807, 2.05) is 39.1 Å². The molecule has 134 valence electrons. The smallest absolute Gasteiger partial charge is 0.246 e. The summed E-state index contributed by atoms with van der Waals surface area (Å²) in [6.45, 7) is 6.23. The van der Waals surface area contributed by atoms with Gasteiger partial charge in [-0.25, -0.2) is 4.68 Å². The van der Waals surface area contributed by atoms with Crippen molar-refractivity contribution in [3.05, 3.63) is 35.2 Å². The van der Waals surface area contributed by atoms with Crippen molar-refractivity contribution in [2.75, 3.05) is 30.3 Å². The zero-order chi connectivity index (χ0) is 17.8. The van der Waals surface area contributed by atoms with E-state index in [1.165, 1.54) is 0 Å². The van der Waals surface area contributed by atoms with Crippen LogP contribution in [0.2, 0.25) is 0 Å². The van der Waals surface area contributed by atoms with Crippen molar-refractivity contribution in [2.24, 2.45) is 7.05 Å². The van der Waals surface area contributed by atoms with Crippen LogP contribution in [-0.2, 0) is 11.8 Å². The maximum absolute atomic E-state index is 12.3. The zero-order valence-corrected chi connectivity index (χ0v) is 15.1. The minimum atomic E-state index is -0.130. The lowest BCUT2D eigenvalue weighted by Crippen LogP contribution is -2.27. The second-order valence-electron chi connectivity index (χ2n) is 6.61. The molecule has 1 saturated heterocycles. The predicted octanol–water partition coefficient (Wildman–Crippen LogP) is 1.95. The van der Waals surface area contributed by atoms with Gasteiger partial charge < -0.3 is 10.6 Å². The van der Waals surface area contributed by atoms with Gasteiger partial charge in [0.2, 0.25) is 11.9 Å². The van der Waals surface area contributed by atoms with E-state index in [0.717, 1.165) is 48.6 Å². The Balaban J connectivity index is 1.60. The van der Waals surface area contributed by atoms with E-state index in [1.54, 1.807) is 4.68 Å². The van der Waals surface area contributed by atoms with Crippen molar-refractivity contribution in [3.63, 3.8) is 0 Å². The summed E-state index contributed by atoms with van der Waals surface area (Å²) in [6, 6.07) is 6.07. The van der Waals surface area contributed by atoms with Gasteiger partial charge in [0.25, 0.3) is 0 Å². The first kappa shape index (κ1) is 17.4. The average molecular weight is 342 g/mol. The second kappa shape index (κ2) is 7.65. The summed E-state index contributed by atoms with van der Waals surface area (Å²) in [5.74, 6) is 1.56. The van der Waals surface area contributed by atoms with Crippen molar-refractivity contribution in [1.29, 1.82) is 0 Å². The summed E-state index contributed by atoms with van der Waals surface area (Å²) in [5.41, 5.74) is 3.25. The topological polar surface area (TPSA) is 83.9 Å². The quantitative estimate of drug-likeness (QED) is 0.773. The third-order valence-electron chi connectivity index (χ3n) is 4.64. The van der Waals surface area contributed by atoms with Gasteiger partial charge in [-0.3, -0.25) is 10.1 Å². The molecule has 1 fully saturated rings. The number of carbonyl (C=O) groups is 1. The van der Waals surface area contributed by atoms with E-state index in [-0.39, 0.29) is 12.5 Å². The lowest BCUT2D eigenvalue weighted by Gasteiger charge is -2.19. The van der Waals surface area contributed by atoms with Gasteiger partial charge in [0.1, 0.15) is 0 Å². The number of benzene rings is 1. The number of nitrogens with zero attached hydrogens (tertiary/aromatic N) is 3. The summed E-state index contributed by atoms with van der Waals surface area (Å²) in [5, 5.41) is 13.9. The van der Waals surface area contributed by atoms with E-state index in [4.69, 9.17) is 0 Å². The fourth-order valence-corrected chi connectivity index (χ4v) is 3.20. The Bertz CT molecular complexity index is 728. The minimum Gasteiger partial charge on any atom is -0.376 e. The average Bonchev–Trinajstić information content (AvgIpc) is 2.96. The first-order valence-electron chi connectivity index (χ1n) is 8.76. The van der Waals surface area contributed by atoms with Crippen LogP contribution in [0.1, 0.15) is 35.7 Å². The second-order valence-corrected chi connectivity index (χ2v) is 6.61. The molecule has 7 nitrogen and oxygen atoms in total. The number of hydrogen-bond acceptors (Lipinski definition) is 5. The molecule has 0 saturated carbocycles. The van der Waals surface area contributed by atoms with E-state index in [0.29, 0.717) is 11.9 Å². The third kappa shape index (κ3) is 4.17. The van der Waals surface area contributed by atoms with Crippen LogP contribution >= 0.6 is 0 Å². The molecule has 3 N–H and O–H groups in total. The van der Waals surface area contributed by atoms with Crippen molar-refractivity contribution in [3.8, 4) is 0 Å². The number of para-hydroxylation sites is 1. The van der Waals surface area contributed by atoms with E-state index < -0.39 is 0 Å². The molecule has 3 rings (SSSR count). The van der Waals surface area contributed by atoms with Crippen LogP contribution in [0.25, 0.3) is 0 Å². The molecule has 0 unspecified atom stereocenters. The normalized spacial score (nSPS) is 15.2. The lowest BCUT2D eigenvalue weighted by molar-refractivity contribution is -0.114. The Labute approximate surface area is 148 Å². The standard InChI is InChI=1S/C18H26N6O/c1-12-5-4-6-13(2)16(12)20-11-15(25)21-18-22-17(23-24(18)3)14-7-9-19-10-8-14/h4-6,14,19-20H,7-11H2,1-3H3,(H,21,22,23,25). The Hall–Kier alpha value is -2.41. The molecule has 2 aromatic rings. The van der Waals surface area contributed by atoms with Gasteiger partial charge in [-0.05, 0) is 50.9 Å². The molecule has 1 amide bonds. The maximum atomic E-state index is 12.3. The highest BCUT2D eigenvalue weighted by Gasteiger charge is 2.21. The van der Waals surface area contributed by atoms with Gasteiger partial charge in [0, 0.05) is 18.7 Å². The SMILES string of the molecule is Cc1cccc(C)c1NCC(=O)Nc1nc(C2CCNCC2)nn1C. The molecule has 1 aromatic carbocycles. The van der Waals surface area contributed by atoms with E-state index >= 15 is 0 Å². The fraction of sp³-hybridized carbons (Fsp3) is 0.500. The zero-order valence-electron chi connectivity index (χ0n) is 15.1. The van der Waals surface area contributed by atoms with Gasteiger partial charge in [-0.15, -0.1) is 0 Å². The molecule has 0 radical (unpaired) electrons. The summed E-state index contributed by atoms with van der Waals surface area (Å²) in [7, 11) is 1.81. The largest absolute Gasteiger partial charge is 0.376 e. The molecule has 1 aromatic heterocycles. The summed E-state index contributed by atoms with van der Waals surface area (Å²) in [4.78, 5) is 16.8. The molecule has 1 aliphatic rings. The first-order valence-corrected chi connectivity index (χ1v) is 8.76. The number of carbonyl (C=O) groups excluding carboxylic acids is 1. The Kier molecular flexibility index (Phi) is 5.33. The maximum Gasteiger partial charge on any atom is 0.246 e. The summed E-state index contributed by atoms with van der Waals surface area (Å²) in [6.07, 6.45) is 2.07. The van der Waals surface area contributed by atoms with Crippen LogP contribution in [-0.4, -0.2) is 40.3 Å². The number of rotatable bonds is 5. The Morgan fingerprint density at radius 1 is 1.28 bits per heavy atom. The predicted molar refractivity (Wildman–Crippen MR) is 98.9 cm³/mol. The minimum absolute atomic E-state index is 0.130. The molecule has 0 atom stereocenters. The molecule has 2 heterocycles. The number of amides is 1. The number of hydrogen-bond donors (Lipinski definition) is 3. The van der Waals surface area contributed by atoms with E-state index in [2.05, 4.69) is 26.0 Å². The molecule has 0 bridgehead atoms. The lowest BCUT2D eigenvalue weighted by atomic mass is 9.98. The Morgan fingerprint density at radius 3 is 2.64 bits per heavy atom. The van der Waals surface area contributed by atoms with Crippen molar-refractivity contribution >= 4 is 17.5 Å². The van der Waals surface area contributed by atoms with Crippen LogP contribution in [0.3, 0.4) is 0 Å². The van der Waals surface area contributed by atoms with Gasteiger partial charge in [0.05, 0.1) is 6.54 Å². The number of nitrogens with one attached hydrogen (secondary N) is 3. The van der Waals surface area contributed by atoms with Crippen molar-refractivity contribution < 1.29 is 4.79 Å². The highest BCUT2D eigenvalue weighted by atomic mass is 16.2. The van der Waals surface area contributed by atoms with Crippen LogP contribution in [0.15, 0.2) is 18.2 Å². The van der Waals surface area contributed by atoms with Crippen LogP contribution < -0.4 is 16.0 Å². The molecule has 7 heteroatoms.